The second-order valence-electron chi connectivity index (χ2n) is 12.4. The van der Waals surface area contributed by atoms with Gasteiger partial charge >= 0.3 is 11.9 Å². The molecule has 4 nitrogen and oxygen atoms in total. The van der Waals surface area contributed by atoms with E-state index < -0.39 is 11.9 Å². The minimum Gasteiger partial charge on any atom is -0.481 e. The smallest absolute Gasteiger partial charge is 0.307 e. The van der Waals surface area contributed by atoms with Crippen molar-refractivity contribution in [3.63, 3.8) is 0 Å². The number of esters is 1. The number of ether oxygens (including phenoxy) is 1. The second kappa shape index (κ2) is 33.2. The van der Waals surface area contributed by atoms with Crippen LogP contribution in [0.3, 0.4) is 0 Å². The second-order valence-corrected chi connectivity index (χ2v) is 12.4. The third kappa shape index (κ3) is 31.4. The van der Waals surface area contributed by atoms with E-state index in [1.807, 2.05) is 6.92 Å². The molecule has 0 heterocycles. The Morgan fingerprint density at radius 2 is 0.902 bits per heavy atom. The molecule has 1 N–H and O–H groups in total. The molecule has 0 aliphatic rings. The van der Waals surface area contributed by atoms with E-state index in [0.29, 0.717) is 13.0 Å². The van der Waals surface area contributed by atoms with Crippen LogP contribution in [0.2, 0.25) is 0 Å². The van der Waals surface area contributed by atoms with Gasteiger partial charge in [0, 0.05) is 0 Å². The van der Waals surface area contributed by atoms with Gasteiger partial charge in [-0.2, -0.15) is 0 Å². The topological polar surface area (TPSA) is 63.6 Å². The standard InChI is InChI=1S/C37H70O4/c1-3-5-6-7-8-9-10-11-12-13-14-15-16-17-18-19-20-21-22-23-24-25-26-27-28-29-30-31-32-35(37(39)40)34-36(38)41-33-4-2/h25-26,35H,3-24,27-34H2,1-2H3,(H,39,40)/b26-25+. The van der Waals surface area contributed by atoms with Crippen LogP contribution < -0.4 is 0 Å². The number of hydrogen-bond acceptors (Lipinski definition) is 3. The summed E-state index contributed by atoms with van der Waals surface area (Å²) in [6.07, 6.45) is 41.0. The van der Waals surface area contributed by atoms with E-state index in [0.717, 1.165) is 38.5 Å². The Balaban J connectivity index is 3.32. The number of carbonyl (C=O) groups is 2. The summed E-state index contributed by atoms with van der Waals surface area (Å²) in [5, 5.41) is 9.33. The fraction of sp³-hybridized carbons (Fsp3) is 0.892. The van der Waals surface area contributed by atoms with Crippen molar-refractivity contribution in [2.45, 2.75) is 200 Å². The van der Waals surface area contributed by atoms with Gasteiger partial charge in [0.1, 0.15) is 0 Å². The van der Waals surface area contributed by atoms with Gasteiger partial charge in [-0.05, 0) is 38.5 Å². The van der Waals surface area contributed by atoms with E-state index in [-0.39, 0.29) is 12.4 Å². The molecular formula is C37H70O4. The van der Waals surface area contributed by atoms with Crippen molar-refractivity contribution in [2.24, 2.45) is 5.92 Å². The number of allylic oxidation sites excluding steroid dienone is 2. The highest BCUT2D eigenvalue weighted by Gasteiger charge is 2.21. The molecule has 4 heteroatoms. The highest BCUT2D eigenvalue weighted by molar-refractivity contribution is 5.78. The number of carboxylic acid groups (broad SMARTS) is 1. The van der Waals surface area contributed by atoms with Crippen LogP contribution in [-0.4, -0.2) is 23.7 Å². The largest absolute Gasteiger partial charge is 0.481 e. The lowest BCUT2D eigenvalue weighted by atomic mass is 9.97. The summed E-state index contributed by atoms with van der Waals surface area (Å²) in [4.78, 5) is 23.1. The highest BCUT2D eigenvalue weighted by atomic mass is 16.5. The van der Waals surface area contributed by atoms with Gasteiger partial charge in [0.25, 0.3) is 0 Å². The third-order valence-electron chi connectivity index (χ3n) is 8.29. The first-order valence-corrected chi connectivity index (χ1v) is 18.1. The predicted molar refractivity (Wildman–Crippen MR) is 176 cm³/mol. The first-order chi connectivity index (χ1) is 20.1. The number of rotatable bonds is 33. The molecule has 0 aromatic rings. The summed E-state index contributed by atoms with van der Waals surface area (Å²) in [7, 11) is 0. The van der Waals surface area contributed by atoms with Crippen molar-refractivity contribution in [1.29, 1.82) is 0 Å². The van der Waals surface area contributed by atoms with E-state index in [4.69, 9.17) is 4.74 Å². The number of unbranched alkanes of at least 4 members (excludes halogenated alkanes) is 24. The normalized spacial score (nSPS) is 12.2. The van der Waals surface area contributed by atoms with Crippen LogP contribution in [0.15, 0.2) is 12.2 Å². The summed E-state index contributed by atoms with van der Waals surface area (Å²) in [6, 6.07) is 0. The summed E-state index contributed by atoms with van der Waals surface area (Å²) in [5.74, 6) is -1.88. The molecule has 1 unspecified atom stereocenters. The van der Waals surface area contributed by atoms with Crippen LogP contribution in [0, 0.1) is 5.92 Å². The molecule has 0 aliphatic carbocycles. The zero-order valence-corrected chi connectivity index (χ0v) is 27.6. The molecule has 0 aliphatic heterocycles. The Morgan fingerprint density at radius 3 is 1.27 bits per heavy atom. The lowest BCUT2D eigenvalue weighted by Crippen LogP contribution is -2.19. The zero-order chi connectivity index (χ0) is 30.1. The average Bonchev–Trinajstić information content (AvgIpc) is 2.96. The average molecular weight is 579 g/mol. The lowest BCUT2D eigenvalue weighted by Gasteiger charge is -2.11. The van der Waals surface area contributed by atoms with Crippen molar-refractivity contribution >= 4 is 11.9 Å². The minimum absolute atomic E-state index is 0.00240. The van der Waals surface area contributed by atoms with Gasteiger partial charge in [0.05, 0.1) is 18.9 Å². The quantitative estimate of drug-likeness (QED) is 0.0478. The van der Waals surface area contributed by atoms with Crippen molar-refractivity contribution in [3.05, 3.63) is 12.2 Å². The molecule has 41 heavy (non-hydrogen) atoms. The SMILES string of the molecule is CCCCCCCCCCCCCCCCCCCCCC/C=C/CCCCCCC(CC(=O)OCCC)C(=O)O. The maximum atomic E-state index is 11.7. The van der Waals surface area contributed by atoms with Gasteiger partial charge in [-0.3, -0.25) is 9.59 Å². The predicted octanol–water partition coefficient (Wildman–Crippen LogP) is 12.1. The summed E-state index contributed by atoms with van der Waals surface area (Å²) < 4.78 is 5.03. The molecule has 0 rings (SSSR count). The van der Waals surface area contributed by atoms with Crippen LogP contribution in [0.1, 0.15) is 200 Å². The molecule has 0 bridgehead atoms. The maximum absolute atomic E-state index is 11.7. The Kier molecular flexibility index (Phi) is 32.1. The van der Waals surface area contributed by atoms with Gasteiger partial charge in [0.15, 0.2) is 0 Å². The van der Waals surface area contributed by atoms with Crippen molar-refractivity contribution in [3.8, 4) is 0 Å². The first kappa shape index (κ1) is 39.7. The van der Waals surface area contributed by atoms with Gasteiger partial charge < -0.3 is 9.84 Å². The fourth-order valence-electron chi connectivity index (χ4n) is 5.55. The molecule has 242 valence electrons. The number of aliphatic carboxylic acids is 1. The van der Waals surface area contributed by atoms with Crippen LogP contribution in [0.25, 0.3) is 0 Å². The Morgan fingerprint density at radius 1 is 0.537 bits per heavy atom. The molecular weight excluding hydrogens is 508 g/mol. The van der Waals surface area contributed by atoms with Gasteiger partial charge in [-0.15, -0.1) is 0 Å². The fourth-order valence-corrected chi connectivity index (χ4v) is 5.55. The zero-order valence-electron chi connectivity index (χ0n) is 27.6. The highest BCUT2D eigenvalue weighted by Crippen LogP contribution is 2.17. The Labute approximate surface area is 255 Å². The first-order valence-electron chi connectivity index (χ1n) is 18.1. The third-order valence-corrected chi connectivity index (χ3v) is 8.29. The molecule has 1 atom stereocenters. The van der Waals surface area contributed by atoms with E-state index in [1.54, 1.807) is 0 Å². The summed E-state index contributed by atoms with van der Waals surface area (Å²) >= 11 is 0. The molecule has 0 saturated heterocycles. The molecule has 0 radical (unpaired) electrons. The van der Waals surface area contributed by atoms with Gasteiger partial charge in [-0.25, -0.2) is 0 Å². The summed E-state index contributed by atoms with van der Waals surface area (Å²) in [5.41, 5.74) is 0. The van der Waals surface area contributed by atoms with Crippen molar-refractivity contribution < 1.29 is 19.4 Å². The molecule has 0 saturated carbocycles. The molecule has 0 spiro atoms. The van der Waals surface area contributed by atoms with E-state index in [1.165, 1.54) is 135 Å². The maximum Gasteiger partial charge on any atom is 0.307 e. The molecule has 0 aromatic heterocycles. The van der Waals surface area contributed by atoms with Gasteiger partial charge in [-0.1, -0.05) is 167 Å². The Bertz CT molecular complexity index is 585. The van der Waals surface area contributed by atoms with Crippen molar-refractivity contribution in [1.82, 2.24) is 0 Å². The summed E-state index contributed by atoms with van der Waals surface area (Å²) in [6.45, 7) is 4.60. The van der Waals surface area contributed by atoms with Crippen LogP contribution in [0.4, 0.5) is 0 Å². The number of carboxylic acids is 1. The van der Waals surface area contributed by atoms with E-state index in [9.17, 15) is 14.7 Å². The molecule has 0 aromatic carbocycles. The minimum atomic E-state index is -0.883. The van der Waals surface area contributed by atoms with E-state index >= 15 is 0 Å². The monoisotopic (exact) mass is 579 g/mol. The van der Waals surface area contributed by atoms with Crippen LogP contribution in [-0.2, 0) is 14.3 Å². The lowest BCUT2D eigenvalue weighted by molar-refractivity contribution is -0.151. The van der Waals surface area contributed by atoms with E-state index in [2.05, 4.69) is 19.1 Å². The molecule has 0 amide bonds. The number of hydrogen-bond donors (Lipinski definition) is 1. The van der Waals surface area contributed by atoms with Crippen LogP contribution in [0.5, 0.6) is 0 Å². The molecule has 0 fully saturated rings. The van der Waals surface area contributed by atoms with Crippen molar-refractivity contribution in [2.75, 3.05) is 6.61 Å². The Hall–Kier alpha value is -1.32. The van der Waals surface area contributed by atoms with Crippen LogP contribution >= 0.6 is 0 Å². The van der Waals surface area contributed by atoms with Gasteiger partial charge in [0.2, 0.25) is 0 Å². The number of carbonyl (C=O) groups excluding carboxylic acids is 1.